The lowest BCUT2D eigenvalue weighted by Crippen LogP contribution is -2.38. The monoisotopic (exact) mass is 328 g/mol. The van der Waals surface area contributed by atoms with Crippen molar-refractivity contribution in [1.82, 2.24) is 4.90 Å². The maximum absolute atomic E-state index is 13.0. The van der Waals surface area contributed by atoms with E-state index in [1.54, 1.807) is 30.0 Å². The number of carbonyl (C=O) groups excluding carboxylic acids is 1. The number of fused-ring (bicyclic) bond motifs is 1. The van der Waals surface area contributed by atoms with E-state index in [1.807, 2.05) is 6.92 Å². The molecule has 5 nitrogen and oxygen atoms in total. The van der Waals surface area contributed by atoms with Crippen LogP contribution in [0.15, 0.2) is 30.3 Å². The van der Waals surface area contributed by atoms with Crippen LogP contribution in [0.4, 0.5) is 10.1 Å². The van der Waals surface area contributed by atoms with Crippen LogP contribution in [0.1, 0.15) is 32.6 Å². The molecule has 0 atom stereocenters. The quantitative estimate of drug-likeness (QED) is 0.639. The molecular weight excluding hydrogens is 311 g/mol. The van der Waals surface area contributed by atoms with Crippen molar-refractivity contribution in [2.75, 3.05) is 6.54 Å². The highest BCUT2D eigenvalue weighted by Gasteiger charge is 2.34. The number of nitrogens with zero attached hydrogens (tertiary/aromatic N) is 2. The van der Waals surface area contributed by atoms with Crippen LogP contribution in [0.2, 0.25) is 0 Å². The van der Waals surface area contributed by atoms with E-state index >= 15 is 0 Å². The number of carbonyl (C=O) groups is 1. The number of hydrogen-bond donors (Lipinski definition) is 0. The van der Waals surface area contributed by atoms with Crippen molar-refractivity contribution in [1.29, 1.82) is 0 Å². The Morgan fingerprint density at radius 2 is 1.88 bits per heavy atom. The van der Waals surface area contributed by atoms with Crippen LogP contribution in [-0.4, -0.2) is 22.3 Å². The molecule has 24 heavy (non-hydrogen) atoms. The zero-order valence-corrected chi connectivity index (χ0v) is 13.5. The van der Waals surface area contributed by atoms with Gasteiger partial charge in [0.05, 0.1) is 4.92 Å². The van der Waals surface area contributed by atoms with Crippen LogP contribution < -0.4 is 0 Å². The fraction of sp³-hybridized carbons (Fsp3) is 0.278. The van der Waals surface area contributed by atoms with E-state index in [1.165, 1.54) is 12.1 Å². The van der Waals surface area contributed by atoms with Crippen LogP contribution >= 0.6 is 0 Å². The Hall–Kier alpha value is -2.76. The third-order valence-electron chi connectivity index (χ3n) is 4.42. The number of halogens is 1. The predicted molar refractivity (Wildman–Crippen MR) is 87.4 cm³/mol. The van der Waals surface area contributed by atoms with Gasteiger partial charge in [-0.1, -0.05) is 12.1 Å². The van der Waals surface area contributed by atoms with E-state index in [-0.39, 0.29) is 23.0 Å². The molecule has 0 saturated heterocycles. The van der Waals surface area contributed by atoms with Gasteiger partial charge in [0.2, 0.25) is 0 Å². The van der Waals surface area contributed by atoms with Gasteiger partial charge in [0.1, 0.15) is 11.4 Å². The fourth-order valence-electron chi connectivity index (χ4n) is 3.27. The number of rotatable bonds is 3. The Labute approximate surface area is 138 Å². The average molecular weight is 328 g/mol. The third kappa shape index (κ3) is 2.75. The molecule has 6 heteroatoms. The van der Waals surface area contributed by atoms with Gasteiger partial charge < -0.3 is 4.90 Å². The summed E-state index contributed by atoms with van der Waals surface area (Å²) in [5, 5.41) is 11.4. The highest BCUT2D eigenvalue weighted by Crippen LogP contribution is 2.34. The number of hydrogen-bond acceptors (Lipinski definition) is 3. The van der Waals surface area contributed by atoms with Gasteiger partial charge in [-0.05, 0) is 55.2 Å². The molecule has 0 saturated carbocycles. The lowest BCUT2D eigenvalue weighted by atomic mass is 9.90. The number of aryl methyl sites for hydroxylation is 2. The number of nitro groups is 1. The minimum absolute atomic E-state index is 0.107. The molecule has 1 heterocycles. The van der Waals surface area contributed by atoms with E-state index in [9.17, 15) is 19.3 Å². The van der Waals surface area contributed by atoms with Gasteiger partial charge in [0.15, 0.2) is 0 Å². The molecule has 3 rings (SSSR count). The highest BCUT2D eigenvalue weighted by atomic mass is 19.1. The normalized spacial score (nSPS) is 13.8. The summed E-state index contributed by atoms with van der Waals surface area (Å²) in [4.78, 5) is 25.4. The first-order chi connectivity index (χ1) is 11.4. The molecule has 1 aliphatic heterocycles. The van der Waals surface area contributed by atoms with Gasteiger partial charge in [-0.2, -0.15) is 0 Å². The van der Waals surface area contributed by atoms with Crippen LogP contribution in [0.25, 0.3) is 0 Å². The first-order valence-electron chi connectivity index (χ1n) is 7.69. The predicted octanol–water partition coefficient (Wildman–Crippen LogP) is 3.55. The molecule has 124 valence electrons. The van der Waals surface area contributed by atoms with Crippen molar-refractivity contribution < 1.29 is 14.1 Å². The average Bonchev–Trinajstić information content (AvgIpc) is 2.52. The number of benzene rings is 2. The Kier molecular flexibility index (Phi) is 4.05. The summed E-state index contributed by atoms with van der Waals surface area (Å²) in [5.74, 6) is -0.671. The van der Waals surface area contributed by atoms with Gasteiger partial charge in [0.25, 0.3) is 11.6 Å². The summed E-state index contributed by atoms with van der Waals surface area (Å²) >= 11 is 0. The molecule has 0 aromatic heterocycles. The van der Waals surface area contributed by atoms with Gasteiger partial charge in [-0.15, -0.1) is 0 Å². The van der Waals surface area contributed by atoms with Gasteiger partial charge >= 0.3 is 0 Å². The summed E-state index contributed by atoms with van der Waals surface area (Å²) in [7, 11) is 0. The van der Waals surface area contributed by atoms with Crippen LogP contribution in [0.5, 0.6) is 0 Å². The Bertz CT molecular complexity index is 831. The molecule has 1 amide bonds. The lowest BCUT2D eigenvalue weighted by Gasteiger charge is -2.29. The minimum Gasteiger partial charge on any atom is -0.334 e. The van der Waals surface area contributed by atoms with Crippen LogP contribution in [0, 0.1) is 29.8 Å². The smallest absolute Gasteiger partial charge is 0.285 e. The molecule has 0 N–H and O–H groups in total. The molecule has 0 unspecified atom stereocenters. The standard InChI is InChI=1S/C18H17FN2O3/c1-11-9-12(2)17(21(23)24)16-15(11)7-8-20(18(16)22)10-13-3-5-14(19)6-4-13/h3-6,9H,7-8,10H2,1-2H3. The molecular formula is C18H17FN2O3. The Balaban J connectivity index is 2.00. The van der Waals surface area contributed by atoms with Crippen molar-refractivity contribution in [3.05, 3.63) is 74.1 Å². The molecule has 0 fully saturated rings. The second-order valence-electron chi connectivity index (χ2n) is 6.07. The van der Waals surface area contributed by atoms with Gasteiger partial charge in [-0.3, -0.25) is 14.9 Å². The van der Waals surface area contributed by atoms with E-state index in [0.717, 1.165) is 16.7 Å². The first-order valence-corrected chi connectivity index (χ1v) is 7.69. The van der Waals surface area contributed by atoms with Crippen molar-refractivity contribution in [2.45, 2.75) is 26.8 Å². The van der Waals surface area contributed by atoms with Gasteiger partial charge in [-0.25, -0.2) is 4.39 Å². The van der Waals surface area contributed by atoms with Crippen molar-refractivity contribution in [2.24, 2.45) is 0 Å². The third-order valence-corrected chi connectivity index (χ3v) is 4.42. The Morgan fingerprint density at radius 1 is 1.21 bits per heavy atom. The zero-order valence-electron chi connectivity index (χ0n) is 13.5. The van der Waals surface area contributed by atoms with Crippen molar-refractivity contribution in [3.8, 4) is 0 Å². The van der Waals surface area contributed by atoms with E-state index in [2.05, 4.69) is 0 Å². The molecule has 0 bridgehead atoms. The summed E-state index contributed by atoms with van der Waals surface area (Å²) in [6, 6.07) is 7.69. The second-order valence-corrected chi connectivity index (χ2v) is 6.07. The van der Waals surface area contributed by atoms with E-state index in [0.29, 0.717) is 25.1 Å². The molecule has 2 aromatic carbocycles. The molecule has 1 aliphatic rings. The second kappa shape index (κ2) is 6.03. The maximum atomic E-state index is 13.0. The summed E-state index contributed by atoms with van der Waals surface area (Å²) in [6.07, 6.45) is 0.579. The minimum atomic E-state index is -0.479. The van der Waals surface area contributed by atoms with Crippen molar-refractivity contribution >= 4 is 11.6 Å². The number of amides is 1. The van der Waals surface area contributed by atoms with E-state index < -0.39 is 4.92 Å². The maximum Gasteiger partial charge on any atom is 0.285 e. The summed E-state index contributed by atoms with van der Waals surface area (Å²) < 4.78 is 13.0. The first kappa shape index (κ1) is 16.1. The van der Waals surface area contributed by atoms with Crippen molar-refractivity contribution in [3.63, 3.8) is 0 Å². The topological polar surface area (TPSA) is 63.5 Å². The number of nitro benzene ring substituents is 1. The summed E-state index contributed by atoms with van der Waals surface area (Å²) in [5.41, 5.74) is 3.04. The largest absolute Gasteiger partial charge is 0.334 e. The zero-order chi connectivity index (χ0) is 17.4. The van der Waals surface area contributed by atoms with E-state index in [4.69, 9.17) is 0 Å². The highest BCUT2D eigenvalue weighted by molar-refractivity contribution is 6.01. The molecule has 0 aliphatic carbocycles. The summed E-state index contributed by atoms with van der Waals surface area (Å²) in [6.45, 7) is 4.32. The SMILES string of the molecule is Cc1cc(C)c([N+](=O)[O-])c2c1CCN(Cc1ccc(F)cc1)C2=O. The molecule has 0 radical (unpaired) electrons. The van der Waals surface area contributed by atoms with Crippen LogP contribution in [-0.2, 0) is 13.0 Å². The lowest BCUT2D eigenvalue weighted by molar-refractivity contribution is -0.385. The van der Waals surface area contributed by atoms with Crippen LogP contribution in [0.3, 0.4) is 0 Å². The Morgan fingerprint density at radius 3 is 2.50 bits per heavy atom. The molecule has 2 aromatic rings. The molecule has 0 spiro atoms. The fourth-order valence-corrected chi connectivity index (χ4v) is 3.27. The van der Waals surface area contributed by atoms with Gasteiger partial charge in [0, 0.05) is 18.7 Å².